The highest BCUT2D eigenvalue weighted by Crippen LogP contribution is 2.39. The zero-order valence-electron chi connectivity index (χ0n) is 10.1. The number of aromatic amines is 1. The predicted octanol–water partition coefficient (Wildman–Crippen LogP) is 0.995. The van der Waals surface area contributed by atoms with Crippen molar-refractivity contribution in [1.29, 1.82) is 0 Å². The van der Waals surface area contributed by atoms with Gasteiger partial charge in [0.05, 0.1) is 15.6 Å². The highest BCUT2D eigenvalue weighted by atomic mass is 79.9. The molecule has 1 aliphatic rings. The fraction of sp³-hybridized carbons (Fsp3) is 0.500. The Labute approximate surface area is 113 Å². The van der Waals surface area contributed by atoms with Gasteiger partial charge in [0.1, 0.15) is 0 Å². The van der Waals surface area contributed by atoms with Gasteiger partial charge in [-0.2, -0.15) is 0 Å². The van der Waals surface area contributed by atoms with Crippen LogP contribution in [0.1, 0.15) is 30.1 Å². The third kappa shape index (κ3) is 2.64. The Bertz CT molecular complexity index is 524. The number of nitrogens with two attached hydrogens (primary N) is 1. The Morgan fingerprint density at radius 3 is 2.83 bits per heavy atom. The monoisotopic (exact) mass is 313 g/mol. The molecule has 0 aromatic carbocycles. The fourth-order valence-electron chi connectivity index (χ4n) is 1.96. The van der Waals surface area contributed by atoms with E-state index in [9.17, 15) is 9.59 Å². The number of rotatable bonds is 4. The van der Waals surface area contributed by atoms with Crippen molar-refractivity contribution in [1.82, 2.24) is 10.3 Å². The van der Waals surface area contributed by atoms with Crippen LogP contribution in [0.4, 0.5) is 0 Å². The van der Waals surface area contributed by atoms with Gasteiger partial charge in [-0.3, -0.25) is 9.59 Å². The molecule has 2 rings (SSSR count). The quantitative estimate of drug-likeness (QED) is 0.774. The molecule has 1 aromatic heterocycles. The van der Waals surface area contributed by atoms with Crippen molar-refractivity contribution in [2.24, 2.45) is 11.7 Å². The molecule has 0 radical (unpaired) electrons. The SMILES string of the molecule is CC(CN)(NC(=O)c1c[nH]c(=O)c(Br)c1)C1CC1. The number of aromatic nitrogens is 1. The van der Waals surface area contributed by atoms with Gasteiger partial charge in [0.25, 0.3) is 11.5 Å². The maximum absolute atomic E-state index is 12.1. The smallest absolute Gasteiger partial charge is 0.262 e. The molecule has 1 unspecified atom stereocenters. The summed E-state index contributed by atoms with van der Waals surface area (Å²) in [6.45, 7) is 2.37. The molecular weight excluding hydrogens is 298 g/mol. The van der Waals surface area contributed by atoms with Gasteiger partial charge in [0.15, 0.2) is 0 Å². The van der Waals surface area contributed by atoms with Crippen LogP contribution in [-0.2, 0) is 0 Å². The lowest BCUT2D eigenvalue weighted by molar-refractivity contribution is 0.0897. The lowest BCUT2D eigenvalue weighted by atomic mass is 9.95. The van der Waals surface area contributed by atoms with Crippen LogP contribution in [0.25, 0.3) is 0 Å². The summed E-state index contributed by atoms with van der Waals surface area (Å²) in [5.41, 5.74) is 5.55. The highest BCUT2D eigenvalue weighted by Gasteiger charge is 2.41. The lowest BCUT2D eigenvalue weighted by Crippen LogP contribution is -2.53. The summed E-state index contributed by atoms with van der Waals surface area (Å²) in [5.74, 6) is 0.240. The zero-order chi connectivity index (χ0) is 13.3. The molecule has 18 heavy (non-hydrogen) atoms. The van der Waals surface area contributed by atoms with Crippen molar-refractivity contribution >= 4 is 21.8 Å². The number of hydrogen-bond donors (Lipinski definition) is 3. The van der Waals surface area contributed by atoms with Crippen molar-refractivity contribution in [3.8, 4) is 0 Å². The molecule has 1 fully saturated rings. The number of halogens is 1. The topological polar surface area (TPSA) is 88.0 Å². The van der Waals surface area contributed by atoms with E-state index in [0.717, 1.165) is 12.8 Å². The van der Waals surface area contributed by atoms with Gasteiger partial charge in [-0.1, -0.05) is 0 Å². The molecule has 0 spiro atoms. The lowest BCUT2D eigenvalue weighted by Gasteiger charge is -2.29. The molecule has 0 aliphatic heterocycles. The first-order valence-electron chi connectivity index (χ1n) is 5.87. The minimum absolute atomic E-state index is 0.216. The van der Waals surface area contributed by atoms with Crippen LogP contribution in [-0.4, -0.2) is 23.0 Å². The van der Waals surface area contributed by atoms with E-state index in [0.29, 0.717) is 22.5 Å². The third-order valence-corrected chi connectivity index (χ3v) is 4.01. The number of nitrogens with one attached hydrogen (secondary N) is 2. The van der Waals surface area contributed by atoms with E-state index in [-0.39, 0.29) is 17.0 Å². The van der Waals surface area contributed by atoms with Crippen molar-refractivity contribution in [3.05, 3.63) is 32.7 Å². The van der Waals surface area contributed by atoms with Gasteiger partial charge in [0.2, 0.25) is 0 Å². The van der Waals surface area contributed by atoms with E-state index in [1.165, 1.54) is 12.3 Å². The molecule has 1 amide bonds. The Morgan fingerprint density at radius 1 is 1.67 bits per heavy atom. The Balaban J connectivity index is 2.16. The van der Waals surface area contributed by atoms with Gasteiger partial charge in [-0.25, -0.2) is 0 Å². The van der Waals surface area contributed by atoms with Gasteiger partial charge >= 0.3 is 0 Å². The summed E-state index contributed by atoms with van der Waals surface area (Å²) >= 11 is 3.10. The van der Waals surface area contributed by atoms with Gasteiger partial charge < -0.3 is 16.0 Å². The molecular formula is C12H16BrN3O2. The van der Waals surface area contributed by atoms with Crippen molar-refractivity contribution in [2.45, 2.75) is 25.3 Å². The van der Waals surface area contributed by atoms with Gasteiger partial charge in [0, 0.05) is 12.7 Å². The van der Waals surface area contributed by atoms with Crippen molar-refractivity contribution < 1.29 is 4.79 Å². The standard InChI is InChI=1S/C12H16BrN3O2/c1-12(6-14,8-2-3-8)16-10(17)7-4-9(13)11(18)15-5-7/h4-5,8H,2-3,6,14H2,1H3,(H,15,18)(H,16,17). The van der Waals surface area contributed by atoms with Crippen molar-refractivity contribution in [3.63, 3.8) is 0 Å². The second-order valence-corrected chi connectivity index (χ2v) is 5.77. The van der Waals surface area contributed by atoms with Crippen LogP contribution in [0, 0.1) is 5.92 Å². The van der Waals surface area contributed by atoms with Crippen LogP contribution in [0.5, 0.6) is 0 Å². The minimum Gasteiger partial charge on any atom is -0.345 e. The number of hydrogen-bond acceptors (Lipinski definition) is 3. The van der Waals surface area contributed by atoms with Crippen LogP contribution >= 0.6 is 15.9 Å². The number of H-pyrrole nitrogens is 1. The van der Waals surface area contributed by atoms with E-state index in [4.69, 9.17) is 5.73 Å². The molecule has 0 bridgehead atoms. The largest absolute Gasteiger partial charge is 0.345 e. The summed E-state index contributed by atoms with van der Waals surface area (Å²) in [6.07, 6.45) is 3.61. The summed E-state index contributed by atoms with van der Waals surface area (Å²) < 4.78 is 0.344. The maximum atomic E-state index is 12.1. The van der Waals surface area contributed by atoms with Crippen LogP contribution in [0.15, 0.2) is 21.5 Å². The molecule has 1 atom stereocenters. The molecule has 1 saturated carbocycles. The maximum Gasteiger partial charge on any atom is 0.262 e. The number of carbonyl (C=O) groups excluding carboxylic acids is 1. The van der Waals surface area contributed by atoms with Crippen LogP contribution in [0.2, 0.25) is 0 Å². The molecule has 1 heterocycles. The normalized spacial score (nSPS) is 18.2. The zero-order valence-corrected chi connectivity index (χ0v) is 11.7. The number of amides is 1. The molecule has 6 heteroatoms. The first-order chi connectivity index (χ1) is 8.46. The predicted molar refractivity (Wildman–Crippen MR) is 72.4 cm³/mol. The Hall–Kier alpha value is -1.14. The van der Waals surface area contributed by atoms with E-state index in [1.807, 2.05) is 6.92 Å². The van der Waals surface area contributed by atoms with Crippen LogP contribution in [0.3, 0.4) is 0 Å². The number of carbonyl (C=O) groups is 1. The second kappa shape index (κ2) is 4.85. The van der Waals surface area contributed by atoms with E-state index < -0.39 is 0 Å². The summed E-state index contributed by atoms with van der Waals surface area (Å²) in [4.78, 5) is 25.8. The van der Waals surface area contributed by atoms with E-state index in [1.54, 1.807) is 0 Å². The van der Waals surface area contributed by atoms with E-state index >= 15 is 0 Å². The Kier molecular flexibility index (Phi) is 3.59. The molecule has 98 valence electrons. The van der Waals surface area contributed by atoms with Crippen LogP contribution < -0.4 is 16.6 Å². The summed E-state index contributed by atoms with van der Waals surface area (Å²) in [7, 11) is 0. The first-order valence-corrected chi connectivity index (χ1v) is 6.66. The molecule has 1 aliphatic carbocycles. The average Bonchev–Trinajstić information content (AvgIpc) is 3.16. The minimum atomic E-state index is -0.361. The average molecular weight is 314 g/mol. The number of pyridine rings is 1. The fourth-order valence-corrected chi connectivity index (χ4v) is 2.32. The Morgan fingerprint density at radius 2 is 2.33 bits per heavy atom. The molecule has 0 saturated heterocycles. The second-order valence-electron chi connectivity index (χ2n) is 4.92. The van der Waals surface area contributed by atoms with E-state index in [2.05, 4.69) is 26.2 Å². The van der Waals surface area contributed by atoms with Gasteiger partial charge in [-0.05, 0) is 47.7 Å². The molecule has 5 nitrogen and oxygen atoms in total. The van der Waals surface area contributed by atoms with Crippen molar-refractivity contribution in [2.75, 3.05) is 6.54 Å². The van der Waals surface area contributed by atoms with Gasteiger partial charge in [-0.15, -0.1) is 0 Å². The highest BCUT2D eigenvalue weighted by molar-refractivity contribution is 9.10. The first kappa shape index (κ1) is 13.3. The third-order valence-electron chi connectivity index (χ3n) is 3.42. The summed E-state index contributed by atoms with van der Waals surface area (Å²) in [6, 6.07) is 1.51. The molecule has 1 aromatic rings. The molecule has 4 N–H and O–H groups in total. The summed E-state index contributed by atoms with van der Waals surface area (Å²) in [5, 5.41) is 2.96.